The number of halogens is 1. The van der Waals surface area contributed by atoms with Crippen LogP contribution in [0.1, 0.15) is 25.0 Å². The number of aliphatic hydroxyl groups is 2. The second-order valence-corrected chi connectivity index (χ2v) is 4.88. The molecule has 0 fully saturated rings. The van der Waals surface area contributed by atoms with E-state index in [9.17, 15) is 10.2 Å². The molecule has 2 N–H and O–H groups in total. The number of aryl methyl sites for hydroxylation is 1. The predicted molar refractivity (Wildman–Crippen MR) is 62.2 cm³/mol. The smallest absolute Gasteiger partial charge is 0.0862 e. The Hall–Kier alpha value is -0.570. The molecule has 0 aliphatic carbocycles. The molecule has 0 saturated carbocycles. The fraction of sp³-hybridized carbons (Fsp3) is 0.500. The standard InChI is InChI=1S/C12H17ClO2/c1-8-4-5-9(10(13)6-8)7-11(14)12(2,3)15/h4-6,11,14-15H,7H2,1-3H3. The van der Waals surface area contributed by atoms with Crippen LogP contribution in [0.25, 0.3) is 0 Å². The normalized spacial score (nSPS) is 14.0. The molecule has 0 aliphatic rings. The van der Waals surface area contributed by atoms with E-state index in [1.54, 1.807) is 13.8 Å². The summed E-state index contributed by atoms with van der Waals surface area (Å²) in [7, 11) is 0. The Morgan fingerprint density at radius 3 is 2.47 bits per heavy atom. The lowest BCUT2D eigenvalue weighted by Crippen LogP contribution is -2.37. The molecule has 0 bridgehead atoms. The van der Waals surface area contributed by atoms with Crippen LogP contribution in [0.3, 0.4) is 0 Å². The molecule has 15 heavy (non-hydrogen) atoms. The highest BCUT2D eigenvalue weighted by Gasteiger charge is 2.25. The Morgan fingerprint density at radius 1 is 1.40 bits per heavy atom. The van der Waals surface area contributed by atoms with Crippen LogP contribution in [0.4, 0.5) is 0 Å². The fourth-order valence-corrected chi connectivity index (χ4v) is 1.59. The Kier molecular flexibility index (Phi) is 3.77. The van der Waals surface area contributed by atoms with Crippen LogP contribution >= 0.6 is 11.6 Å². The van der Waals surface area contributed by atoms with E-state index < -0.39 is 11.7 Å². The van der Waals surface area contributed by atoms with Crippen LogP contribution in [-0.4, -0.2) is 21.9 Å². The van der Waals surface area contributed by atoms with Gasteiger partial charge in [0.05, 0.1) is 11.7 Å². The monoisotopic (exact) mass is 228 g/mol. The minimum Gasteiger partial charge on any atom is -0.390 e. The molecular formula is C12H17ClO2. The van der Waals surface area contributed by atoms with Crippen LogP contribution in [0.15, 0.2) is 18.2 Å². The lowest BCUT2D eigenvalue weighted by molar-refractivity contribution is -0.0469. The summed E-state index contributed by atoms with van der Waals surface area (Å²) < 4.78 is 0. The summed E-state index contributed by atoms with van der Waals surface area (Å²) in [5.74, 6) is 0. The third-order valence-electron chi connectivity index (χ3n) is 2.44. The topological polar surface area (TPSA) is 40.5 Å². The maximum atomic E-state index is 9.72. The minimum absolute atomic E-state index is 0.364. The van der Waals surface area contributed by atoms with Crippen molar-refractivity contribution >= 4 is 11.6 Å². The van der Waals surface area contributed by atoms with Gasteiger partial charge in [-0.05, 0) is 38.0 Å². The number of hydrogen-bond donors (Lipinski definition) is 2. The van der Waals surface area contributed by atoms with Crippen molar-refractivity contribution in [1.82, 2.24) is 0 Å². The van der Waals surface area contributed by atoms with E-state index in [0.717, 1.165) is 11.1 Å². The van der Waals surface area contributed by atoms with Gasteiger partial charge in [0.2, 0.25) is 0 Å². The maximum Gasteiger partial charge on any atom is 0.0862 e. The van der Waals surface area contributed by atoms with Crippen molar-refractivity contribution in [2.45, 2.75) is 38.9 Å². The number of rotatable bonds is 3. The highest BCUT2D eigenvalue weighted by Crippen LogP contribution is 2.22. The van der Waals surface area contributed by atoms with Crippen molar-refractivity contribution in [2.75, 3.05) is 0 Å². The molecule has 1 unspecified atom stereocenters. The number of hydrogen-bond acceptors (Lipinski definition) is 2. The lowest BCUT2D eigenvalue weighted by atomic mass is 9.95. The minimum atomic E-state index is -1.10. The summed E-state index contributed by atoms with van der Waals surface area (Å²) in [4.78, 5) is 0. The van der Waals surface area contributed by atoms with Crippen molar-refractivity contribution < 1.29 is 10.2 Å². The number of benzene rings is 1. The molecule has 1 atom stereocenters. The van der Waals surface area contributed by atoms with Gasteiger partial charge in [-0.15, -0.1) is 0 Å². The number of aliphatic hydroxyl groups excluding tert-OH is 1. The molecule has 84 valence electrons. The third-order valence-corrected chi connectivity index (χ3v) is 2.79. The van der Waals surface area contributed by atoms with Gasteiger partial charge in [0.1, 0.15) is 0 Å². The highest BCUT2D eigenvalue weighted by atomic mass is 35.5. The first-order chi connectivity index (χ1) is 6.80. The van der Waals surface area contributed by atoms with Gasteiger partial charge >= 0.3 is 0 Å². The molecule has 0 spiro atoms. The highest BCUT2D eigenvalue weighted by molar-refractivity contribution is 6.31. The van der Waals surface area contributed by atoms with Crippen LogP contribution in [-0.2, 0) is 6.42 Å². The molecule has 0 saturated heterocycles. The summed E-state index contributed by atoms with van der Waals surface area (Å²) in [6.45, 7) is 5.13. The molecule has 1 rings (SSSR count). The van der Waals surface area contributed by atoms with E-state index in [4.69, 9.17) is 11.6 Å². The zero-order chi connectivity index (χ0) is 11.6. The molecule has 0 aliphatic heterocycles. The lowest BCUT2D eigenvalue weighted by Gasteiger charge is -2.24. The van der Waals surface area contributed by atoms with E-state index in [1.807, 2.05) is 25.1 Å². The Balaban J connectivity index is 2.82. The van der Waals surface area contributed by atoms with Crippen LogP contribution in [0.2, 0.25) is 5.02 Å². The second kappa shape index (κ2) is 4.52. The van der Waals surface area contributed by atoms with Gasteiger partial charge in [0.15, 0.2) is 0 Å². The summed E-state index contributed by atoms with van der Waals surface area (Å²) in [6, 6.07) is 5.68. The molecule has 1 aromatic rings. The SMILES string of the molecule is Cc1ccc(CC(O)C(C)(C)O)c(Cl)c1. The van der Waals surface area contributed by atoms with Gasteiger partial charge in [-0.3, -0.25) is 0 Å². The van der Waals surface area contributed by atoms with E-state index in [2.05, 4.69) is 0 Å². The largest absolute Gasteiger partial charge is 0.390 e. The van der Waals surface area contributed by atoms with Gasteiger partial charge in [0.25, 0.3) is 0 Å². The zero-order valence-electron chi connectivity index (χ0n) is 9.29. The van der Waals surface area contributed by atoms with Crippen molar-refractivity contribution in [1.29, 1.82) is 0 Å². The molecular weight excluding hydrogens is 212 g/mol. The first kappa shape index (κ1) is 12.5. The Bertz CT molecular complexity index is 342. The van der Waals surface area contributed by atoms with Gasteiger partial charge in [-0.2, -0.15) is 0 Å². The van der Waals surface area contributed by atoms with Crippen molar-refractivity contribution in [2.24, 2.45) is 0 Å². The first-order valence-corrected chi connectivity index (χ1v) is 5.34. The average molecular weight is 229 g/mol. The first-order valence-electron chi connectivity index (χ1n) is 4.96. The van der Waals surface area contributed by atoms with Crippen LogP contribution in [0.5, 0.6) is 0 Å². The van der Waals surface area contributed by atoms with E-state index in [1.165, 1.54) is 0 Å². The van der Waals surface area contributed by atoms with Crippen LogP contribution in [0, 0.1) is 6.92 Å². The summed E-state index contributed by atoms with van der Waals surface area (Å²) in [5.41, 5.74) is 0.840. The molecule has 0 aromatic heterocycles. The molecule has 0 heterocycles. The molecule has 0 radical (unpaired) electrons. The molecule has 3 heteroatoms. The molecule has 1 aromatic carbocycles. The van der Waals surface area contributed by atoms with Gasteiger partial charge in [0, 0.05) is 11.4 Å². The van der Waals surface area contributed by atoms with Crippen molar-refractivity contribution in [3.63, 3.8) is 0 Å². The van der Waals surface area contributed by atoms with Crippen molar-refractivity contribution in [3.8, 4) is 0 Å². The van der Waals surface area contributed by atoms with Crippen LogP contribution < -0.4 is 0 Å². The summed E-state index contributed by atoms with van der Waals surface area (Å²) in [5, 5.41) is 20.0. The third kappa shape index (κ3) is 3.49. The van der Waals surface area contributed by atoms with E-state index >= 15 is 0 Å². The quantitative estimate of drug-likeness (QED) is 0.834. The summed E-state index contributed by atoms with van der Waals surface area (Å²) in [6.07, 6.45) is -0.444. The predicted octanol–water partition coefficient (Wildman–Crippen LogP) is 2.32. The Labute approximate surface area is 95.5 Å². The van der Waals surface area contributed by atoms with Gasteiger partial charge in [-0.25, -0.2) is 0 Å². The molecule has 0 amide bonds. The zero-order valence-corrected chi connectivity index (χ0v) is 10.0. The van der Waals surface area contributed by atoms with Gasteiger partial charge < -0.3 is 10.2 Å². The van der Waals surface area contributed by atoms with Gasteiger partial charge in [-0.1, -0.05) is 23.7 Å². The maximum absolute atomic E-state index is 9.72. The second-order valence-electron chi connectivity index (χ2n) is 4.47. The average Bonchev–Trinajstić information content (AvgIpc) is 2.08. The Morgan fingerprint density at radius 2 is 2.00 bits per heavy atom. The van der Waals surface area contributed by atoms with E-state index in [-0.39, 0.29) is 0 Å². The molecule has 2 nitrogen and oxygen atoms in total. The fourth-order valence-electron chi connectivity index (χ4n) is 1.28. The van der Waals surface area contributed by atoms with Crippen molar-refractivity contribution in [3.05, 3.63) is 34.3 Å². The van der Waals surface area contributed by atoms with E-state index in [0.29, 0.717) is 11.4 Å². The summed E-state index contributed by atoms with van der Waals surface area (Å²) >= 11 is 6.03.